The number of aromatic nitrogens is 2. The Bertz CT molecular complexity index is 1280. The van der Waals surface area contributed by atoms with Crippen LogP contribution in [0.3, 0.4) is 0 Å². The lowest BCUT2D eigenvalue weighted by Gasteiger charge is -2.32. The van der Waals surface area contributed by atoms with E-state index in [1.54, 1.807) is 10.6 Å². The molecule has 0 spiro atoms. The molecule has 33 heavy (non-hydrogen) atoms. The monoisotopic (exact) mass is 439 g/mol. The Kier molecular flexibility index (Phi) is 6.98. The smallest absolute Gasteiger partial charge is 0.266 e. The molecule has 0 fully saturated rings. The molecule has 0 aliphatic carbocycles. The zero-order chi connectivity index (χ0) is 23.2. The zero-order valence-corrected chi connectivity index (χ0v) is 19.1. The molecular formula is C28H29N3O2. The average molecular weight is 440 g/mol. The first kappa shape index (κ1) is 22.5. The summed E-state index contributed by atoms with van der Waals surface area (Å²) in [6.07, 6.45) is 2.48. The maximum atomic E-state index is 13.7. The third-order valence-corrected chi connectivity index (χ3v) is 5.91. The normalized spacial score (nSPS) is 11.9. The van der Waals surface area contributed by atoms with Crippen molar-refractivity contribution in [3.63, 3.8) is 0 Å². The molecular weight excluding hydrogens is 410 g/mol. The van der Waals surface area contributed by atoms with E-state index in [9.17, 15) is 9.59 Å². The second-order valence-electron chi connectivity index (χ2n) is 8.11. The molecule has 0 aliphatic rings. The lowest BCUT2D eigenvalue weighted by atomic mass is 10.1. The summed E-state index contributed by atoms with van der Waals surface area (Å²) in [5.74, 6) is 0.547. The molecule has 1 unspecified atom stereocenters. The Labute approximate surface area is 194 Å². The maximum Gasteiger partial charge on any atom is 0.266 e. The minimum atomic E-state index is -0.346. The first-order chi connectivity index (χ1) is 16.2. The van der Waals surface area contributed by atoms with Crippen LogP contribution in [-0.4, -0.2) is 26.9 Å². The molecule has 168 valence electrons. The van der Waals surface area contributed by atoms with Crippen LogP contribution in [0, 0.1) is 0 Å². The molecule has 5 nitrogen and oxygen atoms in total. The fraction of sp³-hybridized carbons (Fsp3) is 0.250. The first-order valence-electron chi connectivity index (χ1n) is 11.6. The van der Waals surface area contributed by atoms with E-state index in [0.717, 1.165) is 18.5 Å². The number of nitrogens with zero attached hydrogens (tertiary/aromatic N) is 3. The second-order valence-corrected chi connectivity index (χ2v) is 8.11. The van der Waals surface area contributed by atoms with Gasteiger partial charge in [0, 0.05) is 12.1 Å². The predicted molar refractivity (Wildman–Crippen MR) is 133 cm³/mol. The summed E-state index contributed by atoms with van der Waals surface area (Å²) in [5.41, 5.74) is 1.91. The summed E-state index contributed by atoms with van der Waals surface area (Å²) < 4.78 is 1.67. The standard InChI is InChI=1S/C28H29N3O2/c1-3-5-20-30(27(32)21-14-8-6-9-15-21)25(4-2)26-29-24-19-13-12-18-23(24)28(33)31(26)22-16-10-7-11-17-22/h6-19,25H,3-5,20H2,1-2H3. The minimum Gasteiger partial charge on any atom is -0.328 e. The van der Waals surface area contributed by atoms with E-state index in [4.69, 9.17) is 4.98 Å². The van der Waals surface area contributed by atoms with E-state index in [2.05, 4.69) is 6.92 Å². The molecule has 0 bridgehead atoms. The summed E-state index contributed by atoms with van der Waals surface area (Å²) in [7, 11) is 0. The van der Waals surface area contributed by atoms with Crippen LogP contribution in [0.2, 0.25) is 0 Å². The fourth-order valence-corrected chi connectivity index (χ4v) is 4.22. The van der Waals surface area contributed by atoms with Gasteiger partial charge >= 0.3 is 0 Å². The van der Waals surface area contributed by atoms with Gasteiger partial charge < -0.3 is 4.90 Å². The molecule has 4 rings (SSSR count). The van der Waals surface area contributed by atoms with Crippen LogP contribution in [0.5, 0.6) is 0 Å². The molecule has 1 heterocycles. The van der Waals surface area contributed by atoms with Gasteiger partial charge in [0.05, 0.1) is 22.6 Å². The van der Waals surface area contributed by atoms with Crippen molar-refractivity contribution in [1.82, 2.24) is 14.5 Å². The van der Waals surface area contributed by atoms with Gasteiger partial charge in [-0.1, -0.05) is 68.8 Å². The lowest BCUT2D eigenvalue weighted by molar-refractivity contribution is 0.0656. The van der Waals surface area contributed by atoms with Crippen LogP contribution >= 0.6 is 0 Å². The van der Waals surface area contributed by atoms with Gasteiger partial charge in [-0.3, -0.25) is 14.2 Å². The van der Waals surface area contributed by atoms with Gasteiger partial charge in [-0.2, -0.15) is 0 Å². The summed E-state index contributed by atoms with van der Waals surface area (Å²) in [5, 5.41) is 0.564. The van der Waals surface area contributed by atoms with Crippen molar-refractivity contribution in [2.45, 2.75) is 39.2 Å². The number of hydrogen-bond acceptors (Lipinski definition) is 3. The Hall–Kier alpha value is -3.73. The fourth-order valence-electron chi connectivity index (χ4n) is 4.22. The van der Waals surface area contributed by atoms with Crippen LogP contribution < -0.4 is 5.56 Å². The minimum absolute atomic E-state index is 0.0436. The van der Waals surface area contributed by atoms with Crippen molar-refractivity contribution < 1.29 is 4.79 Å². The molecule has 5 heteroatoms. The quantitative estimate of drug-likeness (QED) is 0.350. The summed E-state index contributed by atoms with van der Waals surface area (Å²) in [6, 6.07) is 25.9. The summed E-state index contributed by atoms with van der Waals surface area (Å²) in [4.78, 5) is 34.1. The van der Waals surface area contributed by atoms with Crippen molar-refractivity contribution >= 4 is 16.8 Å². The van der Waals surface area contributed by atoms with Crippen LogP contribution in [-0.2, 0) is 0 Å². The third kappa shape index (κ3) is 4.58. The zero-order valence-electron chi connectivity index (χ0n) is 19.1. The Morgan fingerprint density at radius 2 is 1.55 bits per heavy atom. The van der Waals surface area contributed by atoms with Gasteiger partial charge in [0.2, 0.25) is 0 Å². The molecule has 4 aromatic rings. The number of hydrogen-bond donors (Lipinski definition) is 0. The number of unbranched alkanes of at least 4 members (excludes halogenated alkanes) is 1. The molecule has 1 atom stereocenters. The van der Waals surface area contributed by atoms with Gasteiger partial charge in [0.15, 0.2) is 0 Å². The van der Waals surface area contributed by atoms with E-state index in [-0.39, 0.29) is 17.5 Å². The highest BCUT2D eigenvalue weighted by molar-refractivity contribution is 5.94. The van der Waals surface area contributed by atoms with Crippen LogP contribution in [0.4, 0.5) is 0 Å². The molecule has 3 aromatic carbocycles. The van der Waals surface area contributed by atoms with Crippen molar-refractivity contribution in [2.75, 3.05) is 6.54 Å². The van der Waals surface area contributed by atoms with E-state index in [0.29, 0.717) is 35.3 Å². The van der Waals surface area contributed by atoms with Crippen molar-refractivity contribution in [1.29, 1.82) is 0 Å². The lowest BCUT2D eigenvalue weighted by Crippen LogP contribution is -2.39. The maximum absolute atomic E-state index is 13.7. The molecule has 0 saturated carbocycles. The predicted octanol–water partition coefficient (Wildman–Crippen LogP) is 5.78. The molecule has 0 saturated heterocycles. The van der Waals surface area contributed by atoms with Crippen LogP contribution in [0.1, 0.15) is 55.3 Å². The highest BCUT2D eigenvalue weighted by Crippen LogP contribution is 2.28. The van der Waals surface area contributed by atoms with E-state index in [1.165, 1.54) is 0 Å². The van der Waals surface area contributed by atoms with E-state index < -0.39 is 0 Å². The second kappa shape index (κ2) is 10.3. The van der Waals surface area contributed by atoms with E-state index >= 15 is 0 Å². The highest BCUT2D eigenvalue weighted by atomic mass is 16.2. The van der Waals surface area contributed by atoms with Crippen LogP contribution in [0.15, 0.2) is 89.7 Å². The number of amides is 1. The molecule has 1 amide bonds. The van der Waals surface area contributed by atoms with Crippen molar-refractivity contribution in [2.24, 2.45) is 0 Å². The largest absolute Gasteiger partial charge is 0.328 e. The van der Waals surface area contributed by atoms with Crippen LogP contribution in [0.25, 0.3) is 16.6 Å². The number of carbonyl (C=O) groups is 1. The Balaban J connectivity index is 1.93. The number of rotatable bonds is 8. The first-order valence-corrected chi connectivity index (χ1v) is 11.6. The molecule has 0 radical (unpaired) electrons. The summed E-state index contributed by atoms with van der Waals surface area (Å²) in [6.45, 7) is 4.75. The van der Waals surface area contributed by atoms with Gasteiger partial charge in [-0.05, 0) is 49.2 Å². The van der Waals surface area contributed by atoms with Gasteiger partial charge in [0.25, 0.3) is 11.5 Å². The Morgan fingerprint density at radius 1 is 0.909 bits per heavy atom. The number of para-hydroxylation sites is 2. The third-order valence-electron chi connectivity index (χ3n) is 5.91. The molecule has 0 aliphatic heterocycles. The van der Waals surface area contributed by atoms with E-state index in [1.807, 2.05) is 90.7 Å². The molecule has 0 N–H and O–H groups in total. The SMILES string of the molecule is CCCCN(C(=O)c1ccccc1)C(CC)c1nc2ccccc2c(=O)n1-c1ccccc1. The Morgan fingerprint density at radius 3 is 2.21 bits per heavy atom. The highest BCUT2D eigenvalue weighted by Gasteiger charge is 2.29. The van der Waals surface area contributed by atoms with Gasteiger partial charge in [-0.25, -0.2) is 4.98 Å². The molecule has 1 aromatic heterocycles. The number of benzene rings is 3. The average Bonchev–Trinajstić information content (AvgIpc) is 2.87. The summed E-state index contributed by atoms with van der Waals surface area (Å²) >= 11 is 0. The van der Waals surface area contributed by atoms with Crippen molar-refractivity contribution in [3.05, 3.63) is 107 Å². The van der Waals surface area contributed by atoms with Gasteiger partial charge in [0.1, 0.15) is 5.82 Å². The number of fused-ring (bicyclic) bond motifs is 1. The topological polar surface area (TPSA) is 55.2 Å². The van der Waals surface area contributed by atoms with Gasteiger partial charge in [-0.15, -0.1) is 0 Å². The van der Waals surface area contributed by atoms with Crippen molar-refractivity contribution in [3.8, 4) is 5.69 Å². The number of carbonyl (C=O) groups excluding carboxylic acids is 1.